The van der Waals surface area contributed by atoms with Crippen LogP contribution < -0.4 is 10.5 Å². The molecule has 1 unspecified atom stereocenters. The molecule has 0 spiro atoms. The Labute approximate surface area is 116 Å². The summed E-state index contributed by atoms with van der Waals surface area (Å²) >= 11 is 0. The van der Waals surface area contributed by atoms with Crippen molar-refractivity contribution in [2.75, 3.05) is 6.54 Å². The Hall–Kier alpha value is -0.910. The Bertz CT molecular complexity index is 484. The zero-order chi connectivity index (χ0) is 14.3. The van der Waals surface area contributed by atoms with E-state index in [0.29, 0.717) is 6.54 Å². The van der Waals surface area contributed by atoms with E-state index in [1.807, 2.05) is 13.0 Å². The highest BCUT2D eigenvalue weighted by atomic mass is 32.2. The highest BCUT2D eigenvalue weighted by Crippen LogP contribution is 2.15. The summed E-state index contributed by atoms with van der Waals surface area (Å²) in [5.74, 6) is 0. The molecule has 1 atom stereocenters. The molecular formula is C14H24N2O2S. The Morgan fingerprint density at radius 2 is 2.00 bits per heavy atom. The number of nitrogens with two attached hydrogens (primary N) is 1. The van der Waals surface area contributed by atoms with Crippen molar-refractivity contribution in [1.29, 1.82) is 0 Å². The predicted molar refractivity (Wildman–Crippen MR) is 78.4 cm³/mol. The maximum absolute atomic E-state index is 12.1. The first-order valence-electron chi connectivity index (χ1n) is 6.82. The Kier molecular flexibility index (Phi) is 6.48. The van der Waals surface area contributed by atoms with Crippen molar-refractivity contribution in [1.82, 2.24) is 4.72 Å². The van der Waals surface area contributed by atoms with Gasteiger partial charge in [-0.15, -0.1) is 0 Å². The highest BCUT2D eigenvalue weighted by molar-refractivity contribution is 7.89. The van der Waals surface area contributed by atoms with E-state index >= 15 is 0 Å². The Morgan fingerprint density at radius 1 is 1.26 bits per heavy atom. The van der Waals surface area contributed by atoms with Crippen molar-refractivity contribution in [2.24, 2.45) is 5.73 Å². The molecule has 0 aliphatic rings. The smallest absolute Gasteiger partial charge is 0.240 e. The van der Waals surface area contributed by atoms with Crippen LogP contribution in [0.2, 0.25) is 0 Å². The van der Waals surface area contributed by atoms with Crippen LogP contribution >= 0.6 is 0 Å². The molecule has 0 aliphatic carbocycles. The fourth-order valence-corrected chi connectivity index (χ4v) is 2.94. The molecule has 0 aliphatic heterocycles. The van der Waals surface area contributed by atoms with Crippen molar-refractivity contribution >= 4 is 10.0 Å². The summed E-state index contributed by atoms with van der Waals surface area (Å²) in [6.07, 6.45) is 4.21. The van der Waals surface area contributed by atoms with Gasteiger partial charge in [-0.25, -0.2) is 13.1 Å². The van der Waals surface area contributed by atoms with E-state index in [-0.39, 0.29) is 10.9 Å². The van der Waals surface area contributed by atoms with E-state index in [9.17, 15) is 8.42 Å². The highest BCUT2D eigenvalue weighted by Gasteiger charge is 2.14. The minimum atomic E-state index is -3.41. The second-order valence-electron chi connectivity index (χ2n) is 4.82. The molecule has 1 aromatic carbocycles. The van der Waals surface area contributed by atoms with Gasteiger partial charge in [0, 0.05) is 12.6 Å². The van der Waals surface area contributed by atoms with E-state index in [0.717, 1.165) is 31.2 Å². The molecule has 0 fully saturated rings. The number of hydrogen-bond acceptors (Lipinski definition) is 3. The molecule has 1 aromatic rings. The maximum atomic E-state index is 12.1. The fourth-order valence-electron chi connectivity index (χ4n) is 1.81. The lowest BCUT2D eigenvalue weighted by atomic mass is 10.1. The van der Waals surface area contributed by atoms with Crippen LogP contribution in [0, 0.1) is 0 Å². The van der Waals surface area contributed by atoms with E-state index in [1.54, 1.807) is 18.2 Å². The average Bonchev–Trinajstić information content (AvgIpc) is 2.38. The van der Waals surface area contributed by atoms with Gasteiger partial charge in [-0.3, -0.25) is 0 Å². The van der Waals surface area contributed by atoms with Gasteiger partial charge in [-0.1, -0.05) is 38.3 Å². The molecule has 0 heterocycles. The Morgan fingerprint density at radius 3 is 2.63 bits per heavy atom. The third kappa shape index (κ3) is 5.30. The van der Waals surface area contributed by atoms with E-state index in [2.05, 4.69) is 11.6 Å². The lowest BCUT2D eigenvalue weighted by Gasteiger charge is -2.10. The van der Waals surface area contributed by atoms with Gasteiger partial charge in [0.05, 0.1) is 4.90 Å². The minimum Gasteiger partial charge on any atom is -0.324 e. The van der Waals surface area contributed by atoms with Gasteiger partial charge in [-0.05, 0) is 31.0 Å². The molecule has 0 radical (unpaired) electrons. The van der Waals surface area contributed by atoms with Crippen LogP contribution in [0.15, 0.2) is 29.2 Å². The van der Waals surface area contributed by atoms with Crippen LogP contribution in [0.25, 0.3) is 0 Å². The van der Waals surface area contributed by atoms with Gasteiger partial charge >= 0.3 is 0 Å². The summed E-state index contributed by atoms with van der Waals surface area (Å²) in [6.45, 7) is 4.46. The summed E-state index contributed by atoms with van der Waals surface area (Å²) < 4.78 is 26.8. The van der Waals surface area contributed by atoms with Crippen molar-refractivity contribution in [3.8, 4) is 0 Å². The molecular weight excluding hydrogens is 260 g/mol. The minimum absolute atomic E-state index is 0.167. The predicted octanol–water partition coefficient (Wildman–Crippen LogP) is 2.56. The lowest BCUT2D eigenvalue weighted by molar-refractivity contribution is 0.573. The number of sulfonamides is 1. The summed E-state index contributed by atoms with van der Waals surface area (Å²) in [5.41, 5.74) is 6.59. The first-order valence-corrected chi connectivity index (χ1v) is 8.31. The zero-order valence-electron chi connectivity index (χ0n) is 11.7. The number of unbranched alkanes of at least 4 members (excludes halogenated alkanes) is 3. The van der Waals surface area contributed by atoms with Crippen LogP contribution in [-0.2, 0) is 10.0 Å². The first kappa shape index (κ1) is 16.1. The van der Waals surface area contributed by atoms with Crippen molar-refractivity contribution in [3.05, 3.63) is 29.8 Å². The summed E-state index contributed by atoms with van der Waals surface area (Å²) in [4.78, 5) is 0.290. The number of hydrogen-bond donors (Lipinski definition) is 2. The first-order chi connectivity index (χ1) is 8.97. The largest absolute Gasteiger partial charge is 0.324 e. The lowest BCUT2D eigenvalue weighted by Crippen LogP contribution is -2.25. The molecule has 4 nitrogen and oxygen atoms in total. The standard InChI is InChI=1S/C14H24N2O2S/c1-3-4-5-6-10-16-19(17,18)14-9-7-8-13(11-14)12(2)15/h7-9,11-12,16H,3-6,10,15H2,1-2H3. The molecule has 0 saturated carbocycles. The van der Waals surface area contributed by atoms with Crippen LogP contribution in [0.5, 0.6) is 0 Å². The van der Waals surface area contributed by atoms with Gasteiger partial charge in [0.2, 0.25) is 10.0 Å². The van der Waals surface area contributed by atoms with Gasteiger partial charge in [0.15, 0.2) is 0 Å². The van der Waals surface area contributed by atoms with Gasteiger partial charge in [-0.2, -0.15) is 0 Å². The normalized spacial score (nSPS) is 13.4. The van der Waals surface area contributed by atoms with Crippen molar-refractivity contribution in [3.63, 3.8) is 0 Å². The van der Waals surface area contributed by atoms with E-state index in [1.165, 1.54) is 0 Å². The quantitative estimate of drug-likeness (QED) is 0.721. The van der Waals surface area contributed by atoms with Crippen LogP contribution in [0.1, 0.15) is 51.1 Å². The topological polar surface area (TPSA) is 72.2 Å². The Balaban J connectivity index is 2.64. The molecule has 3 N–H and O–H groups in total. The third-order valence-electron chi connectivity index (χ3n) is 3.02. The zero-order valence-corrected chi connectivity index (χ0v) is 12.5. The van der Waals surface area contributed by atoms with Gasteiger partial charge in [0.1, 0.15) is 0 Å². The van der Waals surface area contributed by atoms with E-state index < -0.39 is 10.0 Å². The maximum Gasteiger partial charge on any atom is 0.240 e. The van der Waals surface area contributed by atoms with Crippen LogP contribution in [-0.4, -0.2) is 15.0 Å². The van der Waals surface area contributed by atoms with Crippen molar-refractivity contribution < 1.29 is 8.42 Å². The van der Waals surface area contributed by atoms with Crippen LogP contribution in [0.3, 0.4) is 0 Å². The average molecular weight is 284 g/mol. The van der Waals surface area contributed by atoms with Crippen LogP contribution in [0.4, 0.5) is 0 Å². The van der Waals surface area contributed by atoms with E-state index in [4.69, 9.17) is 5.73 Å². The number of nitrogens with one attached hydrogen (secondary N) is 1. The monoisotopic (exact) mass is 284 g/mol. The third-order valence-corrected chi connectivity index (χ3v) is 4.48. The molecule has 5 heteroatoms. The molecule has 0 amide bonds. The van der Waals surface area contributed by atoms with Gasteiger partial charge < -0.3 is 5.73 Å². The SMILES string of the molecule is CCCCCCNS(=O)(=O)c1cccc(C(C)N)c1. The number of benzene rings is 1. The summed E-state index contributed by atoms with van der Waals surface area (Å²) in [6, 6.07) is 6.63. The molecule has 0 saturated heterocycles. The fraction of sp³-hybridized carbons (Fsp3) is 0.571. The second kappa shape index (κ2) is 7.62. The van der Waals surface area contributed by atoms with Crippen molar-refractivity contribution in [2.45, 2.75) is 50.5 Å². The summed E-state index contributed by atoms with van der Waals surface area (Å²) in [5, 5.41) is 0. The van der Waals surface area contributed by atoms with Gasteiger partial charge in [0.25, 0.3) is 0 Å². The summed E-state index contributed by atoms with van der Waals surface area (Å²) in [7, 11) is -3.41. The molecule has 0 aromatic heterocycles. The molecule has 1 rings (SSSR count). The molecule has 19 heavy (non-hydrogen) atoms. The second-order valence-corrected chi connectivity index (χ2v) is 6.59. The number of rotatable bonds is 8. The molecule has 108 valence electrons. The molecule has 0 bridgehead atoms.